The Hall–Kier alpha value is -6.31. The number of sulfonamides is 1. The second-order valence-electron chi connectivity index (χ2n) is 18.9. The Morgan fingerprint density at radius 1 is 0.761 bits per heavy atom. The summed E-state index contributed by atoms with van der Waals surface area (Å²) in [6.45, 7) is 12.6. The van der Waals surface area contributed by atoms with Gasteiger partial charge in [0.05, 0.1) is 66.1 Å². The molecule has 2 amide bonds. The van der Waals surface area contributed by atoms with Crippen LogP contribution in [0.3, 0.4) is 0 Å². The van der Waals surface area contributed by atoms with E-state index in [1.165, 1.54) is 11.4 Å². The third-order valence-corrected chi connectivity index (χ3v) is 12.8. The van der Waals surface area contributed by atoms with Crippen LogP contribution in [0.1, 0.15) is 78.4 Å². The number of carbonyl (C=O) groups is 2. The van der Waals surface area contributed by atoms with Gasteiger partial charge in [0.1, 0.15) is 22.7 Å². The number of aliphatic hydroxyl groups is 2. The van der Waals surface area contributed by atoms with Gasteiger partial charge in [0.15, 0.2) is 0 Å². The zero-order valence-corrected chi connectivity index (χ0v) is 40.8. The molecule has 4 heterocycles. The van der Waals surface area contributed by atoms with Crippen LogP contribution in [0, 0.1) is 0 Å². The van der Waals surface area contributed by atoms with E-state index in [0.29, 0.717) is 103 Å². The summed E-state index contributed by atoms with van der Waals surface area (Å²) in [4.78, 5) is 32.3. The molecule has 2 aliphatic rings. The lowest BCUT2D eigenvalue weighted by atomic mass is 9.84. The molecule has 0 bridgehead atoms. The van der Waals surface area contributed by atoms with E-state index in [0.717, 1.165) is 17.3 Å². The van der Waals surface area contributed by atoms with Crippen molar-refractivity contribution in [2.75, 3.05) is 69.1 Å². The molecule has 19 heteroatoms. The molecular weight excluding hydrogens is 881 g/mol. The van der Waals surface area contributed by atoms with Crippen molar-refractivity contribution in [1.29, 1.82) is 0 Å². The first-order valence-corrected chi connectivity index (χ1v) is 23.9. The number of hydrogen-bond donors (Lipinski definition) is 4. The van der Waals surface area contributed by atoms with Gasteiger partial charge in [0.2, 0.25) is 16.0 Å². The quantitative estimate of drug-likeness (QED) is 0.107. The molecule has 0 radical (unpaired) electrons. The van der Waals surface area contributed by atoms with Gasteiger partial charge in [-0.1, -0.05) is 30.3 Å². The molecule has 18 nitrogen and oxygen atoms in total. The van der Waals surface area contributed by atoms with Gasteiger partial charge in [0.25, 0.3) is 0 Å². The highest BCUT2D eigenvalue weighted by Crippen LogP contribution is 2.39. The summed E-state index contributed by atoms with van der Waals surface area (Å²) in [5.74, 6) is 1.33. The van der Waals surface area contributed by atoms with Crippen LogP contribution < -0.4 is 24.8 Å². The summed E-state index contributed by atoms with van der Waals surface area (Å²) in [5, 5.41) is 30.3. The van der Waals surface area contributed by atoms with E-state index in [2.05, 4.69) is 10.3 Å². The number of nitrogens with zero attached hydrogens (tertiary/aromatic N) is 6. The minimum atomic E-state index is -3.48. The first-order chi connectivity index (χ1) is 31.3. The monoisotopic (exact) mass is 944 g/mol. The number of para-hydroxylation sites is 1. The Kier molecular flexibility index (Phi) is 14.6. The first kappa shape index (κ1) is 50.1. The van der Waals surface area contributed by atoms with Crippen molar-refractivity contribution in [2.45, 2.75) is 89.6 Å². The van der Waals surface area contributed by atoms with Gasteiger partial charge in [0, 0.05) is 38.8 Å². The predicted molar refractivity (Wildman–Crippen MR) is 257 cm³/mol. The molecule has 5 N–H and O–H groups in total. The van der Waals surface area contributed by atoms with Gasteiger partial charge in [-0.25, -0.2) is 27.5 Å². The Balaban J connectivity index is 0.000000271. The Morgan fingerprint density at radius 2 is 1.27 bits per heavy atom. The van der Waals surface area contributed by atoms with Crippen molar-refractivity contribution in [3.63, 3.8) is 0 Å². The standard InChI is InChI=1S/C31H38N6O6S.C17H26N2O4/c1-30(2,3)43-29(38)36-17-15-31(39,16-18-36)21-11-13-24(27(19-21)42-5)33-28-32-20-22-12-14-26(37(22)34-28)23-9-7-8-10-25(23)35(4)44(6,40)41;1-16(2,3)23-15(20)19-9-7-17(21,8-10-19)12-5-6-13(18)14(11-12)22-4/h7-14,19-20,39H,15-18H2,1-6H3,(H,33,34);5-6,11,21H,7-10,18H2,1-4H3. The average molecular weight is 945 g/mol. The molecule has 0 unspecified atom stereocenters. The van der Waals surface area contributed by atoms with Crippen LogP contribution in [0.25, 0.3) is 16.8 Å². The molecule has 0 saturated carbocycles. The van der Waals surface area contributed by atoms with Gasteiger partial charge in [-0.15, -0.1) is 5.10 Å². The molecule has 2 aliphatic heterocycles. The van der Waals surface area contributed by atoms with Crippen molar-refractivity contribution in [3.8, 4) is 22.8 Å². The van der Waals surface area contributed by atoms with E-state index in [1.54, 1.807) is 77.2 Å². The lowest BCUT2D eigenvalue weighted by molar-refractivity contribution is -0.0367. The van der Waals surface area contributed by atoms with Crippen LogP contribution in [0.2, 0.25) is 0 Å². The zero-order valence-electron chi connectivity index (χ0n) is 40.0. The number of fused-ring (bicyclic) bond motifs is 1. The number of aromatic nitrogens is 3. The molecule has 0 aliphatic carbocycles. The maximum absolute atomic E-state index is 12.5. The fourth-order valence-corrected chi connectivity index (χ4v) is 8.38. The number of amides is 2. The fourth-order valence-electron chi connectivity index (χ4n) is 7.86. The van der Waals surface area contributed by atoms with Crippen molar-refractivity contribution in [2.24, 2.45) is 0 Å². The maximum Gasteiger partial charge on any atom is 0.410 e. The highest BCUT2D eigenvalue weighted by atomic mass is 32.2. The summed E-state index contributed by atoms with van der Waals surface area (Å²) >= 11 is 0. The maximum atomic E-state index is 12.5. The highest BCUT2D eigenvalue weighted by Gasteiger charge is 2.39. The third kappa shape index (κ3) is 12.0. The molecule has 2 fully saturated rings. The number of likely N-dealkylation sites (tertiary alicyclic amines) is 2. The van der Waals surface area contributed by atoms with E-state index in [-0.39, 0.29) is 12.2 Å². The first-order valence-electron chi connectivity index (χ1n) is 22.0. The molecule has 7 rings (SSSR count). The molecule has 5 aromatic rings. The Morgan fingerprint density at radius 3 is 1.78 bits per heavy atom. The molecule has 0 spiro atoms. The molecule has 0 atom stereocenters. The Bertz CT molecular complexity index is 2680. The van der Waals surface area contributed by atoms with E-state index >= 15 is 0 Å². The smallest absolute Gasteiger partial charge is 0.410 e. The number of nitrogens with two attached hydrogens (primary N) is 1. The third-order valence-electron chi connectivity index (χ3n) is 11.7. The highest BCUT2D eigenvalue weighted by molar-refractivity contribution is 7.92. The van der Waals surface area contributed by atoms with Crippen molar-refractivity contribution >= 4 is 50.7 Å². The Labute approximate surface area is 392 Å². The van der Waals surface area contributed by atoms with Crippen LogP contribution in [0.5, 0.6) is 11.5 Å². The molecule has 3 aromatic carbocycles. The lowest BCUT2D eigenvalue weighted by Gasteiger charge is -2.39. The number of nitrogens with one attached hydrogen (secondary N) is 1. The molecule has 2 saturated heterocycles. The summed E-state index contributed by atoms with van der Waals surface area (Å²) in [6.07, 6.45) is 3.71. The van der Waals surface area contributed by atoms with Crippen molar-refractivity contribution < 1.29 is 47.2 Å². The van der Waals surface area contributed by atoms with E-state index in [4.69, 9.17) is 29.8 Å². The fraction of sp³-hybridized carbons (Fsp3) is 0.458. The number of piperidine rings is 2. The van der Waals surface area contributed by atoms with Crippen LogP contribution in [-0.2, 0) is 30.7 Å². The van der Waals surface area contributed by atoms with Crippen molar-refractivity contribution in [3.05, 3.63) is 90.1 Å². The van der Waals surface area contributed by atoms with Crippen molar-refractivity contribution in [1.82, 2.24) is 24.4 Å². The van der Waals surface area contributed by atoms with Gasteiger partial charge in [-0.3, -0.25) is 4.31 Å². The summed E-state index contributed by atoms with van der Waals surface area (Å²) in [6, 6.07) is 21.7. The van der Waals surface area contributed by atoms with E-state index < -0.39 is 32.4 Å². The van der Waals surface area contributed by atoms with Crippen LogP contribution in [-0.4, -0.2) is 120 Å². The number of methoxy groups -OCH3 is 2. The minimum Gasteiger partial charge on any atom is -0.495 e. The van der Waals surface area contributed by atoms with Gasteiger partial charge >= 0.3 is 12.2 Å². The number of benzene rings is 3. The topological polar surface area (TPSA) is 224 Å². The lowest BCUT2D eigenvalue weighted by Crippen LogP contribution is -2.46. The molecule has 2 aromatic heterocycles. The minimum absolute atomic E-state index is 0.291. The second kappa shape index (κ2) is 19.5. The number of nitrogen functional groups attached to an aromatic ring is 1. The molecule has 67 heavy (non-hydrogen) atoms. The summed E-state index contributed by atoms with van der Waals surface area (Å²) in [5.41, 5.74) is 7.79. The number of hydrogen-bond acceptors (Lipinski definition) is 14. The summed E-state index contributed by atoms with van der Waals surface area (Å²) in [7, 11) is 1.12. The second-order valence-corrected chi connectivity index (χ2v) is 20.9. The average Bonchev–Trinajstić information content (AvgIpc) is 3.68. The van der Waals surface area contributed by atoms with Gasteiger partial charge in [-0.05, 0) is 121 Å². The molecule has 362 valence electrons. The largest absolute Gasteiger partial charge is 0.495 e. The molecular formula is C48H64N8O10S. The van der Waals surface area contributed by atoms with Crippen LogP contribution >= 0.6 is 0 Å². The van der Waals surface area contributed by atoms with E-state index in [1.807, 2.05) is 71.9 Å². The van der Waals surface area contributed by atoms with Crippen LogP contribution in [0.4, 0.5) is 32.6 Å². The van der Waals surface area contributed by atoms with Gasteiger partial charge < -0.3 is 50.0 Å². The van der Waals surface area contributed by atoms with Crippen LogP contribution in [0.15, 0.2) is 79.0 Å². The zero-order chi connectivity index (χ0) is 49.1. The number of carbonyl (C=O) groups excluding carboxylic acids is 2. The van der Waals surface area contributed by atoms with Gasteiger partial charge in [-0.2, -0.15) is 0 Å². The SMILES string of the molecule is COc1cc(C2(O)CCN(C(=O)OC(C)(C)C)CC2)ccc1N.COc1cc(C2(O)CCN(C(=O)OC(C)(C)C)CC2)ccc1Nc1ncc2ccc(-c3ccccc3N(C)S(C)(=O)=O)n2n1. The number of anilines is 4. The normalized spacial score (nSPS) is 16.1. The van der Waals surface area contributed by atoms with E-state index in [9.17, 15) is 28.2 Å². The number of rotatable bonds is 9. The number of ether oxygens (including phenoxy) is 4. The summed E-state index contributed by atoms with van der Waals surface area (Å²) < 4.78 is 49.3. The predicted octanol–water partition coefficient (Wildman–Crippen LogP) is 7.26.